The molecule has 0 saturated heterocycles. The lowest BCUT2D eigenvalue weighted by molar-refractivity contribution is -0.148. The van der Waals surface area contributed by atoms with Crippen molar-refractivity contribution in [1.82, 2.24) is 4.98 Å². The highest BCUT2D eigenvalue weighted by atomic mass is 16.4. The molecule has 2 N–H and O–H groups in total. The molecule has 1 rings (SSSR count). The number of aliphatic carboxylic acids is 1. The van der Waals surface area contributed by atoms with Crippen molar-refractivity contribution in [3.05, 3.63) is 24.0 Å². The molecule has 0 saturated carbocycles. The van der Waals surface area contributed by atoms with Gasteiger partial charge >= 0.3 is 5.97 Å². The number of hydrogen-bond donors (Lipinski definition) is 2. The molecule has 0 fully saturated rings. The van der Waals surface area contributed by atoms with Gasteiger partial charge in [-0.15, -0.1) is 0 Å². The van der Waals surface area contributed by atoms with Gasteiger partial charge in [0.15, 0.2) is 0 Å². The van der Waals surface area contributed by atoms with Gasteiger partial charge in [0.25, 0.3) is 0 Å². The Bertz CT molecular complexity index is 441. The molecule has 5 nitrogen and oxygen atoms in total. The fourth-order valence-corrected chi connectivity index (χ4v) is 1.31. The minimum Gasteiger partial charge on any atom is -0.481 e. The zero-order valence-corrected chi connectivity index (χ0v) is 10.2. The normalized spacial score (nSPS) is 11.0. The van der Waals surface area contributed by atoms with Crippen LogP contribution in [0.1, 0.15) is 25.8 Å². The van der Waals surface area contributed by atoms with Crippen LogP contribution < -0.4 is 5.32 Å². The molecular weight excluding hydrogens is 220 g/mol. The van der Waals surface area contributed by atoms with Gasteiger partial charge in [-0.3, -0.25) is 14.6 Å². The molecule has 0 aliphatic carbocycles. The van der Waals surface area contributed by atoms with E-state index >= 15 is 0 Å². The van der Waals surface area contributed by atoms with Gasteiger partial charge in [-0.05, 0) is 32.4 Å². The molecule has 0 bridgehead atoms. The molecule has 0 spiro atoms. The summed E-state index contributed by atoms with van der Waals surface area (Å²) in [5.74, 6) is -1.32. The highest BCUT2D eigenvalue weighted by Crippen LogP contribution is 2.21. The van der Waals surface area contributed by atoms with E-state index in [1.165, 1.54) is 20.0 Å². The number of aryl methyl sites for hydroxylation is 1. The minimum absolute atomic E-state index is 0.0731. The van der Waals surface area contributed by atoms with Crippen molar-refractivity contribution in [2.24, 2.45) is 5.41 Å². The van der Waals surface area contributed by atoms with E-state index in [0.717, 1.165) is 5.56 Å². The van der Waals surface area contributed by atoms with Crippen LogP contribution in [0.5, 0.6) is 0 Å². The zero-order valence-electron chi connectivity index (χ0n) is 10.2. The Labute approximate surface area is 99.9 Å². The molecule has 0 aliphatic rings. The zero-order chi connectivity index (χ0) is 13.1. The fraction of sp³-hybridized carbons (Fsp3) is 0.417. The highest BCUT2D eigenvalue weighted by Gasteiger charge is 2.30. The first kappa shape index (κ1) is 13.2. The van der Waals surface area contributed by atoms with Crippen LogP contribution in [0.4, 0.5) is 5.69 Å². The van der Waals surface area contributed by atoms with Gasteiger partial charge in [-0.2, -0.15) is 0 Å². The molecule has 0 radical (unpaired) electrons. The van der Waals surface area contributed by atoms with Crippen molar-refractivity contribution in [2.75, 3.05) is 5.32 Å². The summed E-state index contributed by atoms with van der Waals surface area (Å²) in [5.41, 5.74) is 0.443. The molecule has 1 heterocycles. The molecule has 92 valence electrons. The maximum atomic E-state index is 11.6. The lowest BCUT2D eigenvalue weighted by Gasteiger charge is -2.18. The minimum atomic E-state index is -1.07. The van der Waals surface area contributed by atoms with E-state index in [4.69, 9.17) is 5.11 Å². The number of nitrogens with zero attached hydrogens (tertiary/aromatic N) is 1. The number of carboxylic acid groups (broad SMARTS) is 1. The Morgan fingerprint density at radius 1 is 1.41 bits per heavy atom. The maximum Gasteiger partial charge on any atom is 0.309 e. The van der Waals surface area contributed by atoms with Crippen molar-refractivity contribution in [3.8, 4) is 0 Å². The number of carbonyl (C=O) groups is 2. The second-order valence-corrected chi connectivity index (χ2v) is 4.66. The Morgan fingerprint density at radius 2 is 2.06 bits per heavy atom. The number of aromatic nitrogens is 1. The summed E-state index contributed by atoms with van der Waals surface area (Å²) in [6.45, 7) is 4.90. The fourth-order valence-electron chi connectivity index (χ4n) is 1.31. The SMILES string of the molecule is Cc1cncc(NC(=O)CC(C)(C)C(=O)O)c1. The van der Waals surface area contributed by atoms with Gasteiger partial charge < -0.3 is 10.4 Å². The van der Waals surface area contributed by atoms with Crippen LogP contribution in [0.3, 0.4) is 0 Å². The summed E-state index contributed by atoms with van der Waals surface area (Å²) in [7, 11) is 0. The van der Waals surface area contributed by atoms with Crippen LogP contribution >= 0.6 is 0 Å². The molecule has 17 heavy (non-hydrogen) atoms. The third-order valence-corrected chi connectivity index (χ3v) is 2.34. The van der Waals surface area contributed by atoms with E-state index in [2.05, 4.69) is 10.3 Å². The molecule has 1 amide bonds. The number of hydrogen-bond acceptors (Lipinski definition) is 3. The Hall–Kier alpha value is -1.91. The first-order valence-corrected chi connectivity index (χ1v) is 5.26. The van der Waals surface area contributed by atoms with E-state index in [9.17, 15) is 9.59 Å². The molecule has 0 aliphatic heterocycles. The Balaban J connectivity index is 2.65. The van der Waals surface area contributed by atoms with Crippen LogP contribution in [0.15, 0.2) is 18.5 Å². The number of pyridine rings is 1. The molecule has 0 unspecified atom stereocenters. The molecule has 1 aromatic heterocycles. The van der Waals surface area contributed by atoms with Crippen LogP contribution in [0, 0.1) is 12.3 Å². The highest BCUT2D eigenvalue weighted by molar-refractivity contribution is 5.93. The average molecular weight is 236 g/mol. The number of nitrogens with one attached hydrogen (secondary N) is 1. The van der Waals surface area contributed by atoms with Crippen molar-refractivity contribution in [3.63, 3.8) is 0 Å². The number of carbonyl (C=O) groups excluding carboxylic acids is 1. The Morgan fingerprint density at radius 3 is 2.59 bits per heavy atom. The van der Waals surface area contributed by atoms with Crippen LogP contribution in [-0.2, 0) is 9.59 Å². The predicted molar refractivity (Wildman–Crippen MR) is 63.6 cm³/mol. The first-order chi connectivity index (χ1) is 7.81. The van der Waals surface area contributed by atoms with Crippen LogP contribution in [0.2, 0.25) is 0 Å². The van der Waals surface area contributed by atoms with Gasteiger partial charge in [0, 0.05) is 12.6 Å². The third kappa shape index (κ3) is 3.86. The maximum absolute atomic E-state index is 11.6. The van der Waals surface area contributed by atoms with E-state index in [0.29, 0.717) is 5.69 Å². The number of amides is 1. The topological polar surface area (TPSA) is 79.3 Å². The smallest absolute Gasteiger partial charge is 0.309 e. The molecule has 1 aromatic rings. The lowest BCUT2D eigenvalue weighted by atomic mass is 9.89. The van der Waals surface area contributed by atoms with E-state index in [1.807, 2.05) is 6.92 Å². The van der Waals surface area contributed by atoms with E-state index < -0.39 is 11.4 Å². The number of anilines is 1. The first-order valence-electron chi connectivity index (χ1n) is 5.26. The molecule has 0 aromatic carbocycles. The van der Waals surface area contributed by atoms with Gasteiger partial charge in [0.1, 0.15) is 0 Å². The Kier molecular flexibility index (Phi) is 3.83. The standard InChI is InChI=1S/C12H16N2O3/c1-8-4-9(7-13-6-8)14-10(15)5-12(2,3)11(16)17/h4,6-7H,5H2,1-3H3,(H,14,15)(H,16,17). The summed E-state index contributed by atoms with van der Waals surface area (Å²) in [4.78, 5) is 26.5. The molecule has 0 atom stereocenters. The average Bonchev–Trinajstić information content (AvgIpc) is 2.15. The summed E-state index contributed by atoms with van der Waals surface area (Å²) < 4.78 is 0. The second-order valence-electron chi connectivity index (χ2n) is 4.66. The largest absolute Gasteiger partial charge is 0.481 e. The summed E-state index contributed by atoms with van der Waals surface area (Å²) in [6, 6.07) is 1.78. The second kappa shape index (κ2) is 4.95. The quantitative estimate of drug-likeness (QED) is 0.835. The number of carboxylic acids is 1. The molecular formula is C12H16N2O3. The monoisotopic (exact) mass is 236 g/mol. The van der Waals surface area contributed by atoms with Gasteiger partial charge in [-0.1, -0.05) is 0 Å². The van der Waals surface area contributed by atoms with Gasteiger partial charge in [-0.25, -0.2) is 0 Å². The van der Waals surface area contributed by atoms with E-state index in [1.54, 1.807) is 12.3 Å². The van der Waals surface area contributed by atoms with Crippen molar-refractivity contribution in [2.45, 2.75) is 27.2 Å². The van der Waals surface area contributed by atoms with Crippen molar-refractivity contribution < 1.29 is 14.7 Å². The lowest BCUT2D eigenvalue weighted by Crippen LogP contribution is -2.29. The van der Waals surface area contributed by atoms with Gasteiger partial charge in [0.2, 0.25) is 5.91 Å². The number of rotatable bonds is 4. The van der Waals surface area contributed by atoms with Crippen LogP contribution in [0.25, 0.3) is 0 Å². The van der Waals surface area contributed by atoms with Gasteiger partial charge in [0.05, 0.1) is 17.3 Å². The summed E-state index contributed by atoms with van der Waals surface area (Å²) in [5, 5.41) is 11.5. The van der Waals surface area contributed by atoms with Crippen molar-refractivity contribution >= 4 is 17.6 Å². The van der Waals surface area contributed by atoms with Crippen LogP contribution in [-0.4, -0.2) is 22.0 Å². The predicted octanol–water partition coefficient (Wildman–Crippen LogP) is 1.83. The summed E-state index contributed by atoms with van der Waals surface area (Å²) in [6.07, 6.45) is 3.13. The molecule has 5 heteroatoms. The van der Waals surface area contributed by atoms with E-state index in [-0.39, 0.29) is 12.3 Å². The third-order valence-electron chi connectivity index (χ3n) is 2.34. The van der Waals surface area contributed by atoms with Crippen molar-refractivity contribution in [1.29, 1.82) is 0 Å². The summed E-state index contributed by atoms with van der Waals surface area (Å²) >= 11 is 0.